The minimum absolute atomic E-state index is 0.146. The lowest BCUT2D eigenvalue weighted by atomic mass is 9.96. The van der Waals surface area contributed by atoms with Gasteiger partial charge in [-0.3, -0.25) is 15.0 Å². The van der Waals surface area contributed by atoms with Crippen molar-refractivity contribution in [2.75, 3.05) is 13.1 Å². The maximum absolute atomic E-state index is 11.6. The van der Waals surface area contributed by atoms with Gasteiger partial charge in [-0.25, -0.2) is 0 Å². The van der Waals surface area contributed by atoms with Crippen LogP contribution in [0.15, 0.2) is 24.3 Å². The van der Waals surface area contributed by atoms with Crippen LogP contribution in [0.2, 0.25) is 0 Å². The fraction of sp³-hybridized carbons (Fsp3) is 0.562. The van der Waals surface area contributed by atoms with Crippen LogP contribution >= 0.6 is 0 Å². The molecule has 0 amide bonds. The van der Waals surface area contributed by atoms with Crippen molar-refractivity contribution in [1.82, 2.24) is 10.2 Å². The monoisotopic (exact) mass is 276 g/mol. The minimum Gasteiger partial charge on any atom is -0.480 e. The molecule has 1 aromatic rings. The molecule has 1 aliphatic heterocycles. The van der Waals surface area contributed by atoms with E-state index in [0.29, 0.717) is 6.54 Å². The number of fused-ring (bicyclic) bond motifs is 1. The molecule has 0 aromatic heterocycles. The van der Waals surface area contributed by atoms with Gasteiger partial charge in [0.25, 0.3) is 0 Å². The van der Waals surface area contributed by atoms with Crippen LogP contribution in [0.4, 0.5) is 0 Å². The predicted molar refractivity (Wildman–Crippen MR) is 79.7 cm³/mol. The summed E-state index contributed by atoms with van der Waals surface area (Å²) >= 11 is 0. The molecule has 0 radical (unpaired) electrons. The van der Waals surface area contributed by atoms with Gasteiger partial charge in [0.2, 0.25) is 0 Å². The first-order chi connectivity index (χ1) is 9.40. The van der Waals surface area contributed by atoms with Gasteiger partial charge in [0.15, 0.2) is 0 Å². The highest BCUT2D eigenvalue weighted by atomic mass is 16.4. The fourth-order valence-electron chi connectivity index (χ4n) is 2.95. The van der Waals surface area contributed by atoms with Crippen LogP contribution in [0.5, 0.6) is 0 Å². The molecule has 4 heteroatoms. The third-order valence-electron chi connectivity index (χ3n) is 3.83. The zero-order chi connectivity index (χ0) is 14.8. The molecule has 2 N–H and O–H groups in total. The Labute approximate surface area is 120 Å². The van der Waals surface area contributed by atoms with E-state index in [0.717, 1.165) is 19.5 Å². The number of benzene rings is 1. The Kier molecular flexibility index (Phi) is 4.45. The molecular weight excluding hydrogens is 252 g/mol. The molecular formula is C16H24N2O2. The maximum atomic E-state index is 11.6. The van der Waals surface area contributed by atoms with Gasteiger partial charge in [0.1, 0.15) is 5.54 Å². The Bertz CT molecular complexity index is 487. The normalized spacial score (nSPS) is 18.6. The second kappa shape index (κ2) is 5.94. The fourth-order valence-corrected chi connectivity index (χ4v) is 2.95. The summed E-state index contributed by atoms with van der Waals surface area (Å²) in [4.78, 5) is 13.8. The first-order valence-corrected chi connectivity index (χ1v) is 7.21. The van der Waals surface area contributed by atoms with E-state index in [1.54, 1.807) is 6.92 Å². The number of nitrogens with one attached hydrogen (secondary N) is 1. The van der Waals surface area contributed by atoms with E-state index >= 15 is 0 Å². The summed E-state index contributed by atoms with van der Waals surface area (Å²) in [5.74, 6) is -0.787. The molecule has 1 aromatic carbocycles. The molecule has 1 aliphatic rings. The third kappa shape index (κ3) is 3.38. The second-order valence-corrected chi connectivity index (χ2v) is 6.17. The van der Waals surface area contributed by atoms with Crippen LogP contribution in [0.25, 0.3) is 0 Å². The number of rotatable bonds is 5. The van der Waals surface area contributed by atoms with E-state index < -0.39 is 11.5 Å². The molecule has 0 saturated carbocycles. The first kappa shape index (κ1) is 15.0. The van der Waals surface area contributed by atoms with Gasteiger partial charge in [-0.05, 0) is 38.3 Å². The first-order valence-electron chi connectivity index (χ1n) is 7.21. The van der Waals surface area contributed by atoms with Crippen LogP contribution in [-0.2, 0) is 17.8 Å². The number of carboxylic acid groups (broad SMARTS) is 1. The Morgan fingerprint density at radius 2 is 2.05 bits per heavy atom. The Morgan fingerprint density at radius 1 is 1.40 bits per heavy atom. The second-order valence-electron chi connectivity index (χ2n) is 6.17. The molecule has 1 atom stereocenters. The van der Waals surface area contributed by atoms with Crippen LogP contribution in [-0.4, -0.2) is 40.6 Å². The van der Waals surface area contributed by atoms with E-state index in [2.05, 4.69) is 28.4 Å². The lowest BCUT2D eigenvalue weighted by Gasteiger charge is -2.37. The van der Waals surface area contributed by atoms with Crippen molar-refractivity contribution in [2.45, 2.75) is 45.3 Å². The molecule has 1 unspecified atom stereocenters. The summed E-state index contributed by atoms with van der Waals surface area (Å²) < 4.78 is 0. The van der Waals surface area contributed by atoms with E-state index in [9.17, 15) is 9.90 Å². The van der Waals surface area contributed by atoms with Crippen molar-refractivity contribution in [3.8, 4) is 0 Å². The summed E-state index contributed by atoms with van der Waals surface area (Å²) in [7, 11) is 0. The molecule has 0 bridgehead atoms. The summed E-state index contributed by atoms with van der Waals surface area (Å²) in [6, 6.07) is 8.56. The van der Waals surface area contributed by atoms with E-state index in [1.165, 1.54) is 11.1 Å². The Hall–Kier alpha value is -1.39. The van der Waals surface area contributed by atoms with E-state index in [-0.39, 0.29) is 6.04 Å². The van der Waals surface area contributed by atoms with Crippen molar-refractivity contribution in [3.63, 3.8) is 0 Å². The number of nitrogens with zero attached hydrogens (tertiary/aromatic N) is 1. The lowest BCUT2D eigenvalue weighted by molar-refractivity contribution is -0.145. The zero-order valence-corrected chi connectivity index (χ0v) is 12.5. The number of carbonyl (C=O) groups is 1. The van der Waals surface area contributed by atoms with Gasteiger partial charge in [-0.1, -0.05) is 24.3 Å². The SMILES string of the molecule is CC(C)NC(C)(CN1CCc2ccccc2C1)C(=O)O. The number of hydrogen-bond donors (Lipinski definition) is 2. The Balaban J connectivity index is 2.08. The molecule has 1 heterocycles. The minimum atomic E-state index is -0.902. The van der Waals surface area contributed by atoms with Crippen LogP contribution in [0.3, 0.4) is 0 Å². The standard InChI is InChI=1S/C16H24N2O2/c1-12(2)17-16(3,15(19)20)11-18-9-8-13-6-4-5-7-14(13)10-18/h4-7,12,17H,8-11H2,1-3H3,(H,19,20). The highest BCUT2D eigenvalue weighted by molar-refractivity contribution is 5.78. The molecule has 0 aliphatic carbocycles. The molecule has 110 valence electrons. The molecule has 20 heavy (non-hydrogen) atoms. The van der Waals surface area contributed by atoms with Crippen molar-refractivity contribution < 1.29 is 9.90 Å². The number of hydrogen-bond acceptors (Lipinski definition) is 3. The topological polar surface area (TPSA) is 52.6 Å². The summed E-state index contributed by atoms with van der Waals surface area (Å²) in [5, 5.41) is 12.7. The molecule has 4 nitrogen and oxygen atoms in total. The highest BCUT2D eigenvalue weighted by Gasteiger charge is 2.36. The average molecular weight is 276 g/mol. The highest BCUT2D eigenvalue weighted by Crippen LogP contribution is 2.20. The molecule has 2 rings (SSSR count). The van der Waals surface area contributed by atoms with Crippen LogP contribution in [0, 0.1) is 0 Å². The smallest absolute Gasteiger partial charge is 0.324 e. The van der Waals surface area contributed by atoms with Gasteiger partial charge >= 0.3 is 5.97 Å². The van der Waals surface area contributed by atoms with Crippen molar-refractivity contribution in [3.05, 3.63) is 35.4 Å². The lowest BCUT2D eigenvalue weighted by Crippen LogP contribution is -2.59. The largest absolute Gasteiger partial charge is 0.480 e. The van der Waals surface area contributed by atoms with Gasteiger partial charge in [-0.2, -0.15) is 0 Å². The quantitative estimate of drug-likeness (QED) is 0.862. The van der Waals surface area contributed by atoms with Gasteiger partial charge in [-0.15, -0.1) is 0 Å². The summed E-state index contributed by atoms with van der Waals surface area (Å²) in [6.07, 6.45) is 0.994. The van der Waals surface area contributed by atoms with Crippen LogP contribution < -0.4 is 5.32 Å². The van der Waals surface area contributed by atoms with Crippen LogP contribution in [0.1, 0.15) is 31.9 Å². The Morgan fingerprint density at radius 3 is 2.65 bits per heavy atom. The summed E-state index contributed by atoms with van der Waals surface area (Å²) in [5.41, 5.74) is 1.80. The van der Waals surface area contributed by atoms with Crippen molar-refractivity contribution in [2.24, 2.45) is 0 Å². The van der Waals surface area contributed by atoms with Gasteiger partial charge in [0, 0.05) is 25.7 Å². The van der Waals surface area contributed by atoms with E-state index in [4.69, 9.17) is 0 Å². The average Bonchev–Trinajstić information content (AvgIpc) is 2.37. The molecule has 0 fully saturated rings. The number of aliphatic carboxylic acids is 1. The number of carboxylic acids is 1. The molecule has 0 saturated heterocycles. The zero-order valence-electron chi connectivity index (χ0n) is 12.5. The van der Waals surface area contributed by atoms with Gasteiger partial charge in [0.05, 0.1) is 0 Å². The summed E-state index contributed by atoms with van der Waals surface area (Å²) in [6.45, 7) is 8.00. The van der Waals surface area contributed by atoms with Crippen molar-refractivity contribution >= 4 is 5.97 Å². The van der Waals surface area contributed by atoms with Crippen molar-refractivity contribution in [1.29, 1.82) is 0 Å². The van der Waals surface area contributed by atoms with E-state index in [1.807, 2.05) is 19.9 Å². The van der Waals surface area contributed by atoms with Gasteiger partial charge < -0.3 is 5.11 Å². The maximum Gasteiger partial charge on any atom is 0.324 e. The molecule has 0 spiro atoms. The third-order valence-corrected chi connectivity index (χ3v) is 3.83. The predicted octanol–water partition coefficient (Wildman–Crippen LogP) is 1.89.